The van der Waals surface area contributed by atoms with Gasteiger partial charge in [0.2, 0.25) is 29.5 Å². The average Bonchev–Trinajstić information content (AvgIpc) is 1.70. The van der Waals surface area contributed by atoms with Crippen molar-refractivity contribution in [3.05, 3.63) is 162 Å². The molecule has 0 aliphatic heterocycles. The van der Waals surface area contributed by atoms with Crippen LogP contribution in [0, 0.1) is 47.3 Å². The molecule has 0 aliphatic carbocycles. The molecule has 0 spiro atoms. The number of Topliss-reactive ketones (excluding diaryl/α,β-unsaturated/α-hetero) is 3. The lowest BCUT2D eigenvalue weighted by Gasteiger charge is -2.26. The van der Waals surface area contributed by atoms with Crippen molar-refractivity contribution in [1.29, 1.82) is 0 Å². The molecule has 4 aromatic carbocycles. The molecule has 0 fully saturated rings. The zero-order valence-corrected chi connectivity index (χ0v) is 92.0. The topological polar surface area (TPSA) is 330 Å². The van der Waals surface area contributed by atoms with Crippen LogP contribution in [0.25, 0.3) is 40.9 Å². The molecule has 4 aromatic heterocycles. The molecule has 0 radical (unpaired) electrons. The number of aromatic nitrogens is 4. The van der Waals surface area contributed by atoms with Gasteiger partial charge in [-0.25, -0.2) is 19.9 Å². The van der Waals surface area contributed by atoms with Crippen LogP contribution in [0.3, 0.4) is 0 Å². The van der Waals surface area contributed by atoms with Crippen molar-refractivity contribution in [2.24, 2.45) is 47.3 Å². The fourth-order valence-electron chi connectivity index (χ4n) is 15.2. The van der Waals surface area contributed by atoms with Gasteiger partial charge in [-0.05, 0) is 216 Å². The average molecular weight is 2080 g/mol. The summed E-state index contributed by atoms with van der Waals surface area (Å²) in [5.74, 6) is -1.75. The van der Waals surface area contributed by atoms with Crippen LogP contribution in [0.15, 0.2) is 121 Å². The van der Waals surface area contributed by atoms with Gasteiger partial charge in [0, 0.05) is 167 Å². The smallest absolute Gasteiger partial charge is 0.224 e. The summed E-state index contributed by atoms with van der Waals surface area (Å²) in [4.78, 5) is 178. The molecular formula is C107H151Cl4N13O12S4. The van der Waals surface area contributed by atoms with E-state index in [0.29, 0.717) is 136 Å². The highest BCUT2D eigenvalue weighted by Crippen LogP contribution is 2.34. The van der Waals surface area contributed by atoms with E-state index in [0.717, 1.165) is 93.0 Å². The molecule has 12 atom stereocenters. The highest BCUT2D eigenvalue weighted by atomic mass is 35.5. The van der Waals surface area contributed by atoms with Crippen LogP contribution in [-0.2, 0) is 83.2 Å². The maximum atomic E-state index is 13.5. The first-order valence-electron chi connectivity index (χ1n) is 49.0. The number of nitrogens with one attached hydrogen (secondary N) is 5. The Bertz CT molecular complexity index is 5290. The molecule has 0 aliphatic rings. The SMILES string of the molecule is CCC(=O)C[C@@H](Cc1nc2ccc(Cl)cc2s1)C(=O)N[C@H](CCC(=O)/C=C/CN(C)C)[C@@H](C)CC.CCCC(=O)C[C@@H](Cc1nc2ccc(Cl)cc2s1)C(=O)N[C@H](CCC(=O)/C=C/CN(C)C)[C@@H](C)CC.CC[C@H](C)[C@@H](CCC(=O)/C=C/CN(C)C)NC(=O)[C@@H](CC(=O)NC)Cc1nc2ccc(Cl)cc2s1.CC[C@H](C)[C@@H](CCC(=O)/C=C/CN(C)C)NC(=O)[C@@H](CC(C)=O)Cc1nc2ccc(Cl)cc2s1. The van der Waals surface area contributed by atoms with Crippen LogP contribution in [-0.4, -0.2) is 223 Å². The number of ketones is 7. The number of allylic oxidation sites excluding steroid dienone is 4. The standard InChI is InChI=1S/C28H40ClN3O3S.C27H38ClN3O3S.C26H37ClN4O3S.C26H36ClN3O3S/c1-6-9-23(34)16-20(17-27-30-25-13-11-21(29)18-26(25)36-27)28(35)31-24(19(3)7-2)14-12-22(33)10-8-15-32(4)5;1-6-18(3)23(13-11-22(33)9-8-14-31(4)5)30-27(34)19(15-21(32)7-2)16-26-29-24-12-10-20(28)17-25(24)35-26;1-6-17(2)21(12-10-20(32)8-7-13-31(4)5)30-26(34)18(14-24(33)28-3)15-25-29-22-11-9-19(27)16-23(22)35-25;1-6-17(2)22(12-10-21(32)8-7-13-30(4)5)29-26(33)19(14-18(3)31)15-25-28-23-11-9-20(27)16-24(23)34-25/h8,10-11,13,18-20,24H,6-7,9,12,14-17H2,1-5H3,(H,31,35);8-10,12,17-19,23H,6-7,11,13-16H2,1-5H3,(H,30,34);7-9,11,16-18,21H,6,10,12-15H2,1-5H3,(H,28,33)(H,30,34);7-9,11,16-17,19,22H,6,10,12-15H2,1-5H3,(H,29,33)/b10-8+;9-8+;2*8-7+/t19-,20-,24+;18-,19-,23+;17-,18-,21+;17-,19-,22+/m0000/s1. The molecule has 4 heterocycles. The normalized spacial score (nSPS) is 14.3. The predicted molar refractivity (Wildman–Crippen MR) is 579 cm³/mol. The molecule has 8 aromatic rings. The third-order valence-electron chi connectivity index (χ3n) is 24.4. The number of hydrogen-bond donors (Lipinski definition) is 5. The van der Waals surface area contributed by atoms with Gasteiger partial charge in [0.15, 0.2) is 23.1 Å². The summed E-state index contributed by atoms with van der Waals surface area (Å²) < 4.78 is 3.84. The molecular weight excluding hydrogens is 1930 g/mol. The Balaban J connectivity index is 0.000000329. The minimum Gasteiger partial charge on any atom is -0.359 e. The zero-order valence-electron chi connectivity index (χ0n) is 85.7. The lowest BCUT2D eigenvalue weighted by Crippen LogP contribution is -2.44. The van der Waals surface area contributed by atoms with E-state index in [1.165, 1.54) is 52.3 Å². The minimum absolute atomic E-state index is 0.0365. The van der Waals surface area contributed by atoms with Gasteiger partial charge in [0.05, 0.1) is 84.6 Å². The van der Waals surface area contributed by atoms with E-state index in [1.54, 1.807) is 55.6 Å². The van der Waals surface area contributed by atoms with Crippen LogP contribution in [0.2, 0.25) is 20.1 Å². The highest BCUT2D eigenvalue weighted by molar-refractivity contribution is 7.19. The second kappa shape index (κ2) is 64.9. The van der Waals surface area contributed by atoms with Gasteiger partial charge in [-0.1, -0.05) is 166 Å². The first-order valence-corrected chi connectivity index (χ1v) is 53.7. The van der Waals surface area contributed by atoms with Crippen molar-refractivity contribution in [1.82, 2.24) is 66.1 Å². The second-order valence-electron chi connectivity index (χ2n) is 37.5. The summed E-state index contributed by atoms with van der Waals surface area (Å²) >= 11 is 30.4. The first kappa shape index (κ1) is 122. The Morgan fingerprint density at radius 1 is 0.350 bits per heavy atom. The van der Waals surface area contributed by atoms with Gasteiger partial charge in [0.1, 0.15) is 17.3 Å². The number of nitrogens with zero attached hydrogens (tertiary/aromatic N) is 8. The summed E-state index contributed by atoms with van der Waals surface area (Å²) in [6, 6.07) is 21.5. The van der Waals surface area contributed by atoms with Crippen molar-refractivity contribution >= 4 is 203 Å². The molecule has 33 heteroatoms. The van der Waals surface area contributed by atoms with Gasteiger partial charge < -0.3 is 51.0 Å². The van der Waals surface area contributed by atoms with Crippen molar-refractivity contribution < 1.29 is 57.5 Å². The molecule has 5 N–H and O–H groups in total. The molecule has 0 unspecified atom stereocenters. The summed E-state index contributed by atoms with van der Waals surface area (Å²) in [5.41, 5.74) is 3.35. The van der Waals surface area contributed by atoms with E-state index in [9.17, 15) is 57.5 Å². The lowest BCUT2D eigenvalue weighted by atomic mass is 9.91. The number of hydrogen-bond acceptors (Lipinski definition) is 24. The molecule has 8 rings (SSSR count). The maximum absolute atomic E-state index is 13.5. The number of carbonyl (C=O) groups is 12. The third kappa shape index (κ3) is 46.4. The molecule has 25 nitrogen and oxygen atoms in total. The quantitative estimate of drug-likeness (QED) is 0.0221. The number of benzene rings is 4. The van der Waals surface area contributed by atoms with E-state index >= 15 is 0 Å². The fraction of sp³-hybridized carbons (Fsp3) is 0.551. The Hall–Kier alpha value is -8.56. The van der Waals surface area contributed by atoms with Crippen LogP contribution in [0.4, 0.5) is 0 Å². The largest absolute Gasteiger partial charge is 0.359 e. The van der Waals surface area contributed by atoms with E-state index in [-0.39, 0.29) is 144 Å². The van der Waals surface area contributed by atoms with Gasteiger partial charge in [-0.15, -0.1) is 45.3 Å². The Labute approximate surface area is 866 Å². The monoisotopic (exact) mass is 2080 g/mol. The summed E-state index contributed by atoms with van der Waals surface area (Å²) in [7, 11) is 17.2. The fourth-order valence-corrected chi connectivity index (χ4v) is 20.5. The number of likely N-dealkylation sites (N-methyl/N-ethyl adjacent to an activating group) is 4. The van der Waals surface area contributed by atoms with Crippen LogP contribution in [0.5, 0.6) is 0 Å². The number of thiazole rings is 4. The number of carbonyl (C=O) groups excluding carboxylic acids is 12. The number of fused-ring (bicyclic) bond motifs is 4. The summed E-state index contributed by atoms with van der Waals surface area (Å²) in [6.45, 7) is 24.7. The molecule has 0 saturated heterocycles. The maximum Gasteiger partial charge on any atom is 0.224 e. The van der Waals surface area contributed by atoms with Crippen molar-refractivity contribution in [2.75, 3.05) is 89.6 Å². The number of halogens is 4. The van der Waals surface area contributed by atoms with Crippen LogP contribution >= 0.6 is 91.8 Å². The van der Waals surface area contributed by atoms with Crippen molar-refractivity contribution in [3.8, 4) is 0 Å². The van der Waals surface area contributed by atoms with Gasteiger partial charge in [-0.2, -0.15) is 0 Å². The van der Waals surface area contributed by atoms with Gasteiger partial charge >= 0.3 is 0 Å². The van der Waals surface area contributed by atoms with Crippen LogP contribution in [0.1, 0.15) is 218 Å². The van der Waals surface area contributed by atoms with E-state index in [2.05, 4.69) is 102 Å². The van der Waals surface area contributed by atoms with E-state index in [1.807, 2.05) is 163 Å². The van der Waals surface area contributed by atoms with Crippen molar-refractivity contribution in [2.45, 2.75) is 248 Å². The summed E-state index contributed by atoms with van der Waals surface area (Å²) in [6.07, 6.45) is 24.9. The predicted octanol–water partition coefficient (Wildman–Crippen LogP) is 20.7. The third-order valence-corrected chi connectivity index (χ3v) is 29.5. The molecule has 140 heavy (non-hydrogen) atoms. The minimum atomic E-state index is -0.562. The molecule has 5 amide bonds. The number of amides is 5. The second-order valence-corrected chi connectivity index (χ2v) is 43.7. The Morgan fingerprint density at radius 2 is 0.593 bits per heavy atom. The highest BCUT2D eigenvalue weighted by Gasteiger charge is 2.33. The zero-order chi connectivity index (χ0) is 104. The first-order chi connectivity index (χ1) is 66.4. The lowest BCUT2D eigenvalue weighted by molar-refractivity contribution is -0.131. The number of rotatable bonds is 59. The molecule has 0 saturated carbocycles. The molecule has 0 bridgehead atoms. The van der Waals surface area contributed by atoms with Crippen LogP contribution < -0.4 is 26.6 Å². The van der Waals surface area contributed by atoms with E-state index in [4.69, 9.17) is 46.4 Å². The molecule has 768 valence electrons. The van der Waals surface area contributed by atoms with E-state index < -0.39 is 23.7 Å². The van der Waals surface area contributed by atoms with Gasteiger partial charge in [0.25, 0.3) is 0 Å². The van der Waals surface area contributed by atoms with Crippen molar-refractivity contribution in [3.63, 3.8) is 0 Å². The van der Waals surface area contributed by atoms with Gasteiger partial charge in [-0.3, -0.25) is 52.7 Å². The Morgan fingerprint density at radius 3 is 0.814 bits per heavy atom. The summed E-state index contributed by atoms with van der Waals surface area (Å²) in [5, 5.41) is 21.0. The Kier molecular flexibility index (Phi) is 56.6.